The number of aliphatic hydroxyl groups is 1. The van der Waals surface area contributed by atoms with Crippen molar-refractivity contribution in [2.75, 3.05) is 13.7 Å². The SMILES string of the molecule is COc1ccccc1[C@@H](O)OCC(=O)C(C)(C)C. The zero-order valence-electron chi connectivity index (χ0n) is 11.3. The lowest BCUT2D eigenvalue weighted by molar-refractivity contribution is -0.147. The molecule has 0 aromatic heterocycles. The zero-order valence-corrected chi connectivity index (χ0v) is 11.3. The summed E-state index contributed by atoms with van der Waals surface area (Å²) < 4.78 is 10.3. The number of methoxy groups -OCH3 is 1. The van der Waals surface area contributed by atoms with E-state index in [4.69, 9.17) is 9.47 Å². The zero-order chi connectivity index (χ0) is 13.8. The molecule has 18 heavy (non-hydrogen) atoms. The van der Waals surface area contributed by atoms with Crippen LogP contribution in [0.1, 0.15) is 32.6 Å². The summed E-state index contributed by atoms with van der Waals surface area (Å²) in [4.78, 5) is 11.7. The Balaban J connectivity index is 2.66. The number of hydrogen-bond donors (Lipinski definition) is 1. The number of carbonyl (C=O) groups is 1. The van der Waals surface area contributed by atoms with E-state index in [1.165, 1.54) is 7.11 Å². The van der Waals surface area contributed by atoms with Gasteiger partial charge in [0.05, 0.1) is 7.11 Å². The van der Waals surface area contributed by atoms with E-state index in [1.807, 2.05) is 20.8 Å². The predicted octanol–water partition coefficient (Wildman–Crippen LogP) is 2.32. The van der Waals surface area contributed by atoms with Gasteiger partial charge in [0.15, 0.2) is 12.1 Å². The van der Waals surface area contributed by atoms with Gasteiger partial charge in [-0.05, 0) is 6.07 Å². The molecular weight excluding hydrogens is 232 g/mol. The second-order valence-electron chi connectivity index (χ2n) is 5.08. The quantitative estimate of drug-likeness (QED) is 0.817. The van der Waals surface area contributed by atoms with Gasteiger partial charge in [0.2, 0.25) is 0 Å². The van der Waals surface area contributed by atoms with Crippen molar-refractivity contribution in [2.45, 2.75) is 27.1 Å². The van der Waals surface area contributed by atoms with Crippen molar-refractivity contribution in [2.24, 2.45) is 5.41 Å². The van der Waals surface area contributed by atoms with Crippen LogP contribution in [-0.4, -0.2) is 24.6 Å². The summed E-state index contributed by atoms with van der Waals surface area (Å²) in [5.74, 6) is 0.477. The molecule has 0 amide bonds. The normalized spacial score (nSPS) is 13.2. The topological polar surface area (TPSA) is 55.8 Å². The van der Waals surface area contributed by atoms with Gasteiger partial charge in [0.1, 0.15) is 12.4 Å². The third-order valence-electron chi connectivity index (χ3n) is 2.61. The Hall–Kier alpha value is -1.39. The van der Waals surface area contributed by atoms with Crippen molar-refractivity contribution in [1.82, 2.24) is 0 Å². The van der Waals surface area contributed by atoms with Crippen LogP contribution in [-0.2, 0) is 9.53 Å². The molecular formula is C14H20O4. The van der Waals surface area contributed by atoms with Gasteiger partial charge in [0.25, 0.3) is 0 Å². The summed E-state index contributed by atoms with van der Waals surface area (Å²) >= 11 is 0. The lowest BCUT2D eigenvalue weighted by Gasteiger charge is -2.19. The van der Waals surface area contributed by atoms with Crippen LogP contribution in [0.4, 0.5) is 0 Å². The third-order valence-corrected chi connectivity index (χ3v) is 2.61. The van der Waals surface area contributed by atoms with Crippen LogP contribution in [0.3, 0.4) is 0 Å². The average molecular weight is 252 g/mol. The van der Waals surface area contributed by atoms with Crippen molar-refractivity contribution < 1.29 is 19.4 Å². The van der Waals surface area contributed by atoms with Gasteiger partial charge in [0, 0.05) is 11.0 Å². The van der Waals surface area contributed by atoms with E-state index >= 15 is 0 Å². The van der Waals surface area contributed by atoms with Gasteiger partial charge in [-0.15, -0.1) is 0 Å². The fraction of sp³-hybridized carbons (Fsp3) is 0.500. The highest BCUT2D eigenvalue weighted by molar-refractivity contribution is 5.84. The largest absolute Gasteiger partial charge is 0.496 e. The molecule has 1 aromatic rings. The second kappa shape index (κ2) is 5.98. The molecule has 0 saturated carbocycles. The van der Waals surface area contributed by atoms with Crippen LogP contribution < -0.4 is 4.74 Å². The predicted molar refractivity (Wildman–Crippen MR) is 68.4 cm³/mol. The first-order valence-electron chi connectivity index (χ1n) is 5.82. The molecule has 4 heteroatoms. The minimum absolute atomic E-state index is 0.0588. The van der Waals surface area contributed by atoms with E-state index in [1.54, 1.807) is 24.3 Å². The Bertz CT molecular complexity index is 407. The summed E-state index contributed by atoms with van der Waals surface area (Å²) in [6.07, 6.45) is -1.16. The Kier molecular flexibility index (Phi) is 4.87. The third kappa shape index (κ3) is 3.82. The fourth-order valence-electron chi connectivity index (χ4n) is 1.33. The number of ether oxygens (including phenoxy) is 2. The molecule has 0 heterocycles. The van der Waals surface area contributed by atoms with Crippen molar-refractivity contribution >= 4 is 5.78 Å². The molecule has 1 atom stereocenters. The Morgan fingerprint density at radius 2 is 1.94 bits per heavy atom. The number of benzene rings is 1. The van der Waals surface area contributed by atoms with Gasteiger partial charge >= 0.3 is 0 Å². The summed E-state index contributed by atoms with van der Waals surface area (Å²) in [6.45, 7) is 5.32. The van der Waals surface area contributed by atoms with Crippen LogP contribution in [0.2, 0.25) is 0 Å². The van der Waals surface area contributed by atoms with E-state index in [-0.39, 0.29) is 12.4 Å². The standard InChI is InChI=1S/C14H20O4/c1-14(2,3)12(15)9-18-13(16)10-7-5-6-8-11(10)17-4/h5-8,13,16H,9H2,1-4H3/t13-/m0/s1. The Morgan fingerprint density at radius 1 is 1.33 bits per heavy atom. The van der Waals surface area contributed by atoms with Crippen molar-refractivity contribution in [3.63, 3.8) is 0 Å². The average Bonchev–Trinajstić information content (AvgIpc) is 2.34. The van der Waals surface area contributed by atoms with E-state index < -0.39 is 11.7 Å². The molecule has 0 fully saturated rings. The molecule has 0 bridgehead atoms. The molecule has 0 saturated heterocycles. The van der Waals surface area contributed by atoms with Gasteiger partial charge in [-0.1, -0.05) is 39.0 Å². The van der Waals surface area contributed by atoms with E-state index in [2.05, 4.69) is 0 Å². The van der Waals surface area contributed by atoms with Crippen molar-refractivity contribution in [1.29, 1.82) is 0 Å². The van der Waals surface area contributed by atoms with Crippen molar-refractivity contribution in [3.8, 4) is 5.75 Å². The maximum Gasteiger partial charge on any atom is 0.185 e. The minimum Gasteiger partial charge on any atom is -0.496 e. The van der Waals surface area contributed by atoms with Crippen LogP contribution in [0.25, 0.3) is 0 Å². The smallest absolute Gasteiger partial charge is 0.185 e. The lowest BCUT2D eigenvalue weighted by atomic mass is 9.91. The van der Waals surface area contributed by atoms with Gasteiger partial charge < -0.3 is 14.6 Å². The first-order chi connectivity index (χ1) is 8.36. The molecule has 0 aliphatic carbocycles. The number of rotatable bonds is 5. The first-order valence-corrected chi connectivity index (χ1v) is 5.82. The van der Waals surface area contributed by atoms with Crippen molar-refractivity contribution in [3.05, 3.63) is 29.8 Å². The maximum absolute atomic E-state index is 11.7. The highest BCUT2D eigenvalue weighted by Crippen LogP contribution is 2.26. The van der Waals surface area contributed by atoms with E-state index in [0.29, 0.717) is 11.3 Å². The molecule has 0 aliphatic heterocycles. The van der Waals surface area contributed by atoms with Crippen LogP contribution >= 0.6 is 0 Å². The molecule has 100 valence electrons. The number of para-hydroxylation sites is 1. The highest BCUT2D eigenvalue weighted by atomic mass is 16.6. The molecule has 0 unspecified atom stereocenters. The monoisotopic (exact) mass is 252 g/mol. The number of aliphatic hydroxyl groups excluding tert-OH is 1. The van der Waals surface area contributed by atoms with E-state index in [0.717, 1.165) is 0 Å². The fourth-order valence-corrected chi connectivity index (χ4v) is 1.33. The summed E-state index contributed by atoms with van der Waals surface area (Å²) in [5.41, 5.74) is 0.0437. The van der Waals surface area contributed by atoms with Crippen LogP contribution in [0.15, 0.2) is 24.3 Å². The summed E-state index contributed by atoms with van der Waals surface area (Å²) in [6, 6.07) is 7.00. The molecule has 0 spiro atoms. The number of hydrogen-bond acceptors (Lipinski definition) is 4. The Morgan fingerprint density at radius 3 is 2.50 bits per heavy atom. The highest BCUT2D eigenvalue weighted by Gasteiger charge is 2.23. The molecule has 4 nitrogen and oxygen atoms in total. The van der Waals surface area contributed by atoms with Gasteiger partial charge in [-0.3, -0.25) is 4.79 Å². The number of carbonyl (C=O) groups excluding carboxylic acids is 1. The second-order valence-corrected chi connectivity index (χ2v) is 5.08. The van der Waals surface area contributed by atoms with Gasteiger partial charge in [-0.25, -0.2) is 0 Å². The maximum atomic E-state index is 11.7. The van der Waals surface area contributed by atoms with Crippen LogP contribution in [0.5, 0.6) is 5.75 Å². The molecule has 1 aromatic carbocycles. The molecule has 1 N–H and O–H groups in total. The Labute approximate surface area is 108 Å². The summed E-state index contributed by atoms with van der Waals surface area (Å²) in [7, 11) is 1.52. The van der Waals surface area contributed by atoms with Crippen LogP contribution in [0, 0.1) is 5.41 Å². The number of Topliss-reactive ketones (excluding diaryl/α,β-unsaturated/α-hetero) is 1. The van der Waals surface area contributed by atoms with Gasteiger partial charge in [-0.2, -0.15) is 0 Å². The minimum atomic E-state index is -1.16. The first kappa shape index (κ1) is 14.7. The summed E-state index contributed by atoms with van der Waals surface area (Å²) in [5, 5.41) is 9.89. The molecule has 1 rings (SSSR count). The molecule has 0 radical (unpaired) electrons. The lowest BCUT2D eigenvalue weighted by Crippen LogP contribution is -2.25. The molecule has 0 aliphatic rings. The number of ketones is 1. The van der Waals surface area contributed by atoms with E-state index in [9.17, 15) is 9.90 Å².